The maximum absolute atomic E-state index is 14.5. The molecule has 4 aromatic rings. The van der Waals surface area contributed by atoms with E-state index in [9.17, 15) is 9.59 Å². The number of hydrogen-bond donors (Lipinski definition) is 0. The van der Waals surface area contributed by atoms with E-state index < -0.39 is 12.0 Å². The molecule has 0 bridgehead atoms. The molecule has 2 fully saturated rings. The molecule has 4 unspecified atom stereocenters. The van der Waals surface area contributed by atoms with Crippen LogP contribution in [0.4, 0.5) is 11.4 Å². The third-order valence-electron chi connectivity index (χ3n) is 8.18. The second kappa shape index (κ2) is 10.7. The molecule has 4 atom stereocenters. The maximum Gasteiger partial charge on any atom is 0.259 e. The lowest BCUT2D eigenvalue weighted by atomic mass is 9.78. The zero-order chi connectivity index (χ0) is 28.2. The fourth-order valence-electron chi connectivity index (χ4n) is 6.38. The van der Waals surface area contributed by atoms with E-state index in [4.69, 9.17) is 0 Å². The van der Waals surface area contributed by atoms with E-state index in [0.29, 0.717) is 5.69 Å². The largest absolute Gasteiger partial charge is 0.277 e. The number of anilines is 2. The third-order valence-corrected chi connectivity index (χ3v) is 9.96. The average molecular weight is 781 g/mol. The number of benzene rings is 4. The molecule has 3 heterocycles. The van der Waals surface area contributed by atoms with Crippen molar-refractivity contribution in [3.05, 3.63) is 139 Å². The third kappa shape index (κ3) is 4.64. The SMILES string of the molecule is O=C1C2C(c3ccc(Br)cc3)C=C3CC(c4ccc(Br)cc4)N(c4ccccc4)N3C2C(=O)N1c1ccc(I)cc1. The summed E-state index contributed by atoms with van der Waals surface area (Å²) in [5, 5.41) is 4.35. The number of fused-ring (bicyclic) bond motifs is 3. The highest BCUT2D eigenvalue weighted by molar-refractivity contribution is 14.1. The highest BCUT2D eigenvalue weighted by Crippen LogP contribution is 2.52. The summed E-state index contributed by atoms with van der Waals surface area (Å²) in [5.41, 5.74) is 4.83. The van der Waals surface area contributed by atoms with E-state index in [1.54, 1.807) is 0 Å². The number of hydrazine groups is 1. The standard InChI is InChI=1S/C33H24Br2IN3O2/c34-22-10-6-20(7-11-22)28-18-27-19-29(21-8-12-23(35)13-9-21)38(26-4-2-1-3-5-26)39(27)31-30(28)32(40)37(33(31)41)25-16-14-24(36)15-17-25/h1-18,28-31H,19H2. The lowest BCUT2D eigenvalue weighted by Gasteiger charge is -2.43. The van der Waals surface area contributed by atoms with E-state index in [0.717, 1.165) is 41.4 Å². The first kappa shape index (κ1) is 26.9. The Hall–Kier alpha value is -2.95. The van der Waals surface area contributed by atoms with Gasteiger partial charge in [-0.3, -0.25) is 19.6 Å². The first-order valence-electron chi connectivity index (χ1n) is 13.4. The Morgan fingerprint density at radius 3 is 1.90 bits per heavy atom. The van der Waals surface area contributed by atoms with Crippen LogP contribution in [-0.2, 0) is 9.59 Å². The monoisotopic (exact) mass is 779 g/mol. The van der Waals surface area contributed by atoms with E-state index in [2.05, 4.69) is 119 Å². The van der Waals surface area contributed by atoms with Gasteiger partial charge in [-0.15, -0.1) is 0 Å². The summed E-state index contributed by atoms with van der Waals surface area (Å²) in [6.07, 6.45) is 2.94. The van der Waals surface area contributed by atoms with E-state index >= 15 is 0 Å². The number of halogens is 3. The van der Waals surface area contributed by atoms with E-state index in [-0.39, 0.29) is 23.8 Å². The molecule has 7 rings (SSSR count). The van der Waals surface area contributed by atoms with Gasteiger partial charge in [-0.25, -0.2) is 4.90 Å². The molecule has 0 aliphatic carbocycles. The molecule has 3 aliphatic rings. The second-order valence-corrected chi connectivity index (χ2v) is 13.6. The van der Waals surface area contributed by atoms with Crippen LogP contribution in [-0.4, -0.2) is 22.9 Å². The predicted octanol–water partition coefficient (Wildman–Crippen LogP) is 8.22. The van der Waals surface area contributed by atoms with Crippen molar-refractivity contribution < 1.29 is 9.59 Å². The summed E-state index contributed by atoms with van der Waals surface area (Å²) in [6, 6.07) is 33.6. The molecule has 0 radical (unpaired) electrons. The summed E-state index contributed by atoms with van der Waals surface area (Å²) in [4.78, 5) is 30.2. The predicted molar refractivity (Wildman–Crippen MR) is 176 cm³/mol. The van der Waals surface area contributed by atoms with Crippen molar-refractivity contribution in [2.24, 2.45) is 5.92 Å². The molecular formula is C33H24Br2IN3O2. The molecule has 2 amide bonds. The summed E-state index contributed by atoms with van der Waals surface area (Å²) >= 11 is 9.36. The molecule has 204 valence electrons. The number of nitrogens with zero attached hydrogens (tertiary/aromatic N) is 3. The molecule has 8 heteroatoms. The number of rotatable bonds is 4. The molecule has 5 nitrogen and oxygen atoms in total. The molecular weight excluding hydrogens is 757 g/mol. The van der Waals surface area contributed by atoms with Gasteiger partial charge in [0.2, 0.25) is 5.91 Å². The molecule has 0 N–H and O–H groups in total. The van der Waals surface area contributed by atoms with Crippen molar-refractivity contribution in [2.45, 2.75) is 24.4 Å². The van der Waals surface area contributed by atoms with Gasteiger partial charge < -0.3 is 0 Å². The Bertz CT molecular complexity index is 1660. The van der Waals surface area contributed by atoms with Crippen molar-refractivity contribution in [2.75, 3.05) is 9.91 Å². The molecule has 0 spiro atoms. The summed E-state index contributed by atoms with van der Waals surface area (Å²) < 4.78 is 3.04. The van der Waals surface area contributed by atoms with Gasteiger partial charge in [0, 0.05) is 30.6 Å². The van der Waals surface area contributed by atoms with Gasteiger partial charge in [0.25, 0.3) is 5.91 Å². The van der Waals surface area contributed by atoms with Crippen LogP contribution in [0.3, 0.4) is 0 Å². The van der Waals surface area contributed by atoms with E-state index in [1.165, 1.54) is 4.90 Å². The highest BCUT2D eigenvalue weighted by atomic mass is 127. The summed E-state index contributed by atoms with van der Waals surface area (Å²) in [5.74, 6) is -1.15. The topological polar surface area (TPSA) is 43.9 Å². The first-order valence-corrected chi connectivity index (χ1v) is 16.1. The fraction of sp³-hybridized carbons (Fsp3) is 0.152. The minimum absolute atomic E-state index is 0.0312. The van der Waals surface area contributed by atoms with Crippen LogP contribution in [0, 0.1) is 9.49 Å². The fourth-order valence-corrected chi connectivity index (χ4v) is 7.27. The van der Waals surface area contributed by atoms with Crippen LogP contribution >= 0.6 is 54.5 Å². The first-order chi connectivity index (χ1) is 19.9. The molecule has 2 saturated heterocycles. The summed E-state index contributed by atoms with van der Waals surface area (Å²) in [6.45, 7) is 0. The maximum atomic E-state index is 14.5. The highest BCUT2D eigenvalue weighted by Gasteiger charge is 2.60. The van der Waals surface area contributed by atoms with Crippen LogP contribution in [0.25, 0.3) is 0 Å². The van der Waals surface area contributed by atoms with Gasteiger partial charge in [-0.05, 0) is 94.4 Å². The number of allylic oxidation sites excluding steroid dienone is 1. The van der Waals surface area contributed by atoms with Gasteiger partial charge in [-0.1, -0.05) is 80.4 Å². The number of carbonyl (C=O) groups excluding carboxylic acids is 2. The van der Waals surface area contributed by atoms with Gasteiger partial charge in [-0.2, -0.15) is 0 Å². The normalized spacial score (nSPS) is 23.5. The number of imide groups is 1. The summed E-state index contributed by atoms with van der Waals surface area (Å²) in [7, 11) is 0. The Morgan fingerprint density at radius 1 is 0.659 bits per heavy atom. The Balaban J connectivity index is 1.41. The van der Waals surface area contributed by atoms with E-state index in [1.807, 2.05) is 54.6 Å². The van der Waals surface area contributed by atoms with Crippen LogP contribution < -0.4 is 9.91 Å². The number of para-hydroxylation sites is 1. The Labute approximate surface area is 269 Å². The van der Waals surface area contributed by atoms with Crippen molar-refractivity contribution in [3.8, 4) is 0 Å². The second-order valence-electron chi connectivity index (χ2n) is 10.5. The van der Waals surface area contributed by atoms with Crippen molar-refractivity contribution in [1.29, 1.82) is 0 Å². The van der Waals surface area contributed by atoms with Crippen molar-refractivity contribution >= 4 is 77.6 Å². The number of carbonyl (C=O) groups is 2. The minimum Gasteiger partial charge on any atom is -0.277 e. The van der Waals surface area contributed by atoms with Gasteiger partial charge in [0.15, 0.2) is 0 Å². The van der Waals surface area contributed by atoms with Gasteiger partial charge >= 0.3 is 0 Å². The van der Waals surface area contributed by atoms with Crippen molar-refractivity contribution in [1.82, 2.24) is 5.01 Å². The zero-order valence-electron chi connectivity index (χ0n) is 21.7. The quantitative estimate of drug-likeness (QED) is 0.155. The molecule has 3 aliphatic heterocycles. The minimum atomic E-state index is -0.670. The molecule has 4 aromatic carbocycles. The van der Waals surface area contributed by atoms with Crippen molar-refractivity contribution in [3.63, 3.8) is 0 Å². The lowest BCUT2D eigenvalue weighted by molar-refractivity contribution is -0.122. The Morgan fingerprint density at radius 2 is 1.27 bits per heavy atom. The average Bonchev–Trinajstić information content (AvgIpc) is 3.49. The molecule has 0 aromatic heterocycles. The smallest absolute Gasteiger partial charge is 0.259 e. The molecule has 41 heavy (non-hydrogen) atoms. The van der Waals surface area contributed by atoms with Crippen LogP contribution in [0.15, 0.2) is 124 Å². The Kier molecular flexibility index (Phi) is 7.03. The van der Waals surface area contributed by atoms with Crippen LogP contribution in [0.2, 0.25) is 0 Å². The zero-order valence-corrected chi connectivity index (χ0v) is 27.0. The van der Waals surface area contributed by atoms with Gasteiger partial charge in [0.05, 0.1) is 23.3 Å². The van der Waals surface area contributed by atoms with Gasteiger partial charge in [0.1, 0.15) is 6.04 Å². The van der Waals surface area contributed by atoms with Crippen LogP contribution in [0.5, 0.6) is 0 Å². The van der Waals surface area contributed by atoms with Crippen LogP contribution in [0.1, 0.15) is 29.5 Å². The number of hydrogen-bond acceptors (Lipinski definition) is 4. The molecule has 0 saturated carbocycles. The lowest BCUT2D eigenvalue weighted by Crippen LogP contribution is -2.53. The number of amides is 2.